The Morgan fingerprint density at radius 1 is 1.50 bits per heavy atom. The van der Waals surface area contributed by atoms with Gasteiger partial charge in [-0.05, 0) is 19.8 Å². The summed E-state index contributed by atoms with van der Waals surface area (Å²) in [4.78, 5) is 8.06. The van der Waals surface area contributed by atoms with E-state index in [1.54, 1.807) is 11.3 Å². The van der Waals surface area contributed by atoms with Crippen LogP contribution in [0, 0.1) is 6.92 Å². The fourth-order valence-corrected chi connectivity index (χ4v) is 3.25. The van der Waals surface area contributed by atoms with Crippen molar-refractivity contribution in [1.29, 1.82) is 0 Å². The van der Waals surface area contributed by atoms with E-state index in [2.05, 4.69) is 16.8 Å². The Morgan fingerprint density at radius 3 is 2.81 bits per heavy atom. The van der Waals surface area contributed by atoms with Crippen LogP contribution in [-0.4, -0.2) is 34.2 Å². The van der Waals surface area contributed by atoms with Gasteiger partial charge in [0.05, 0.1) is 17.8 Å². The Labute approximate surface area is 101 Å². The number of aliphatic hydroxyl groups excluding tert-OH is 1. The Morgan fingerprint density at radius 2 is 2.25 bits per heavy atom. The van der Waals surface area contributed by atoms with Crippen LogP contribution in [0.4, 0.5) is 0 Å². The van der Waals surface area contributed by atoms with Crippen LogP contribution >= 0.6 is 11.3 Å². The number of hydrogen-bond donors (Lipinski definition) is 1. The number of thiazole rings is 1. The Kier molecular flexibility index (Phi) is 4.32. The minimum atomic E-state index is 0.258. The molecule has 1 fully saturated rings. The van der Waals surface area contributed by atoms with Crippen LogP contribution in [-0.2, 0) is 6.54 Å². The maximum absolute atomic E-state index is 9.14. The second-order valence-corrected chi connectivity index (χ2v) is 5.43. The fourth-order valence-electron chi connectivity index (χ4n) is 2.45. The molecule has 0 amide bonds. The third kappa shape index (κ3) is 2.81. The number of hydrogen-bond acceptors (Lipinski definition) is 4. The first kappa shape index (κ1) is 12.0. The minimum Gasteiger partial charge on any atom is -0.395 e. The Bertz CT molecular complexity index is 321. The molecule has 0 radical (unpaired) electrons. The molecular weight excluding hydrogens is 220 g/mol. The molecule has 1 heterocycles. The lowest BCUT2D eigenvalue weighted by Crippen LogP contribution is -2.35. The summed E-state index contributed by atoms with van der Waals surface area (Å²) in [6.07, 6.45) is 5.26. The van der Waals surface area contributed by atoms with E-state index in [9.17, 15) is 0 Å². The van der Waals surface area contributed by atoms with E-state index >= 15 is 0 Å². The summed E-state index contributed by atoms with van der Waals surface area (Å²) in [6, 6.07) is 0.675. The van der Waals surface area contributed by atoms with E-state index in [0.717, 1.165) is 18.8 Å². The number of aryl methyl sites for hydroxylation is 1. The van der Waals surface area contributed by atoms with Crippen molar-refractivity contribution in [2.45, 2.75) is 45.2 Å². The number of nitrogens with zero attached hydrogens (tertiary/aromatic N) is 2. The van der Waals surface area contributed by atoms with Crippen LogP contribution in [0.25, 0.3) is 0 Å². The lowest BCUT2D eigenvalue weighted by atomic mass is 10.2. The Hall–Kier alpha value is -0.450. The average Bonchev–Trinajstić information content (AvgIpc) is 2.90. The zero-order chi connectivity index (χ0) is 11.4. The van der Waals surface area contributed by atoms with Crippen molar-refractivity contribution in [3.63, 3.8) is 0 Å². The zero-order valence-corrected chi connectivity index (χ0v) is 10.7. The van der Waals surface area contributed by atoms with Crippen LogP contribution in [0.3, 0.4) is 0 Å². The molecular formula is C12H20N2OS. The predicted molar refractivity (Wildman–Crippen MR) is 66.6 cm³/mol. The second-order valence-electron chi connectivity index (χ2n) is 4.49. The summed E-state index contributed by atoms with van der Waals surface area (Å²) in [6.45, 7) is 4.08. The number of aliphatic hydroxyl groups is 1. The first-order valence-electron chi connectivity index (χ1n) is 6.05. The third-order valence-corrected chi connectivity index (χ3v) is 4.34. The summed E-state index contributed by atoms with van der Waals surface area (Å²) in [5.41, 5.74) is 3.06. The van der Waals surface area contributed by atoms with Crippen LogP contribution < -0.4 is 0 Å². The van der Waals surface area contributed by atoms with Gasteiger partial charge in [0.15, 0.2) is 0 Å². The molecule has 1 aliphatic rings. The molecule has 0 spiro atoms. The van der Waals surface area contributed by atoms with Gasteiger partial charge in [0.1, 0.15) is 0 Å². The monoisotopic (exact) mass is 240 g/mol. The molecule has 1 aliphatic carbocycles. The van der Waals surface area contributed by atoms with Crippen molar-refractivity contribution in [2.75, 3.05) is 13.2 Å². The summed E-state index contributed by atoms with van der Waals surface area (Å²) in [5.74, 6) is 0. The minimum absolute atomic E-state index is 0.258. The molecule has 1 aromatic heterocycles. The normalized spacial score (nSPS) is 17.4. The highest BCUT2D eigenvalue weighted by Gasteiger charge is 2.22. The van der Waals surface area contributed by atoms with Gasteiger partial charge in [0.2, 0.25) is 0 Å². The summed E-state index contributed by atoms with van der Waals surface area (Å²) >= 11 is 1.73. The predicted octanol–water partition coefficient (Wildman–Crippen LogP) is 2.19. The Balaban J connectivity index is 1.99. The second kappa shape index (κ2) is 5.75. The van der Waals surface area contributed by atoms with Gasteiger partial charge in [0.25, 0.3) is 0 Å². The van der Waals surface area contributed by atoms with Crippen LogP contribution in [0.15, 0.2) is 5.51 Å². The molecule has 2 rings (SSSR count). The average molecular weight is 240 g/mol. The van der Waals surface area contributed by atoms with Crippen molar-refractivity contribution < 1.29 is 5.11 Å². The van der Waals surface area contributed by atoms with E-state index in [1.165, 1.54) is 30.6 Å². The molecule has 1 aromatic rings. The first-order valence-corrected chi connectivity index (χ1v) is 6.93. The lowest BCUT2D eigenvalue weighted by Gasteiger charge is -2.27. The van der Waals surface area contributed by atoms with Gasteiger partial charge in [-0.15, -0.1) is 11.3 Å². The number of aromatic nitrogens is 1. The van der Waals surface area contributed by atoms with E-state index in [4.69, 9.17) is 5.11 Å². The summed E-state index contributed by atoms with van der Waals surface area (Å²) in [7, 11) is 0. The highest BCUT2D eigenvalue weighted by Crippen LogP contribution is 2.26. The molecule has 16 heavy (non-hydrogen) atoms. The quantitative estimate of drug-likeness (QED) is 0.857. The highest BCUT2D eigenvalue weighted by atomic mass is 32.1. The van der Waals surface area contributed by atoms with E-state index < -0.39 is 0 Å². The topological polar surface area (TPSA) is 36.4 Å². The fraction of sp³-hybridized carbons (Fsp3) is 0.750. The van der Waals surface area contributed by atoms with E-state index in [-0.39, 0.29) is 6.61 Å². The van der Waals surface area contributed by atoms with Gasteiger partial charge >= 0.3 is 0 Å². The largest absolute Gasteiger partial charge is 0.395 e. The summed E-state index contributed by atoms with van der Waals surface area (Å²) < 4.78 is 0. The van der Waals surface area contributed by atoms with Crippen LogP contribution in [0.1, 0.15) is 36.3 Å². The van der Waals surface area contributed by atoms with Gasteiger partial charge in [-0.25, -0.2) is 4.98 Å². The highest BCUT2D eigenvalue weighted by molar-refractivity contribution is 7.09. The smallest absolute Gasteiger partial charge is 0.0798 e. The van der Waals surface area contributed by atoms with Gasteiger partial charge in [-0.1, -0.05) is 12.8 Å². The maximum atomic E-state index is 9.14. The van der Waals surface area contributed by atoms with Crippen LogP contribution in [0.5, 0.6) is 0 Å². The summed E-state index contributed by atoms with van der Waals surface area (Å²) in [5, 5.41) is 9.14. The van der Waals surface area contributed by atoms with Crippen LogP contribution in [0.2, 0.25) is 0 Å². The molecule has 90 valence electrons. The van der Waals surface area contributed by atoms with Crippen molar-refractivity contribution >= 4 is 11.3 Å². The van der Waals surface area contributed by atoms with E-state index in [1.807, 2.05) is 5.51 Å². The molecule has 0 atom stereocenters. The molecule has 4 heteroatoms. The van der Waals surface area contributed by atoms with E-state index in [0.29, 0.717) is 6.04 Å². The lowest BCUT2D eigenvalue weighted by molar-refractivity contribution is 0.145. The molecule has 0 unspecified atom stereocenters. The molecule has 0 bridgehead atoms. The van der Waals surface area contributed by atoms with Crippen molar-refractivity contribution in [2.24, 2.45) is 0 Å². The molecule has 0 saturated heterocycles. The molecule has 0 aromatic carbocycles. The molecule has 3 nitrogen and oxygen atoms in total. The van der Waals surface area contributed by atoms with Gasteiger partial charge in [-0.2, -0.15) is 0 Å². The van der Waals surface area contributed by atoms with Gasteiger partial charge < -0.3 is 5.11 Å². The number of rotatable bonds is 5. The van der Waals surface area contributed by atoms with Crippen molar-refractivity contribution in [3.8, 4) is 0 Å². The first-order chi connectivity index (χ1) is 7.81. The zero-order valence-electron chi connectivity index (χ0n) is 9.85. The molecule has 1 N–H and O–H groups in total. The van der Waals surface area contributed by atoms with Crippen molar-refractivity contribution in [3.05, 3.63) is 16.1 Å². The SMILES string of the molecule is Cc1ncsc1CN(CCO)C1CCCC1. The molecule has 0 aliphatic heterocycles. The van der Waals surface area contributed by atoms with Gasteiger partial charge in [-0.3, -0.25) is 4.90 Å². The molecule has 1 saturated carbocycles. The van der Waals surface area contributed by atoms with Gasteiger partial charge in [0, 0.05) is 24.0 Å². The third-order valence-electron chi connectivity index (χ3n) is 3.42. The standard InChI is InChI=1S/C12H20N2OS/c1-10-12(16-9-13-10)8-14(6-7-15)11-4-2-3-5-11/h9,11,15H,2-8H2,1H3. The maximum Gasteiger partial charge on any atom is 0.0798 e. The van der Waals surface area contributed by atoms with Crippen molar-refractivity contribution in [1.82, 2.24) is 9.88 Å².